The molecule has 4 atom stereocenters. The minimum absolute atomic E-state index is 0.201. The Morgan fingerprint density at radius 1 is 0.962 bits per heavy atom. The van der Waals surface area contributed by atoms with Crippen LogP contribution in [0.2, 0.25) is 0 Å². The van der Waals surface area contributed by atoms with Crippen molar-refractivity contribution in [1.29, 1.82) is 0 Å². The summed E-state index contributed by atoms with van der Waals surface area (Å²) in [5, 5.41) is 9.62. The molecule has 0 amide bonds. The molecule has 2 rings (SSSR count). The molecule has 1 saturated carbocycles. The normalized spacial score (nSPS) is 29.2. The Labute approximate surface area is 156 Å². The lowest BCUT2D eigenvalue weighted by Crippen LogP contribution is -2.27. The second kappa shape index (κ2) is 11.5. The quantitative estimate of drug-likeness (QED) is 0.496. The number of aliphatic hydroxyl groups excluding tert-OH is 1. The molecule has 6 nitrogen and oxygen atoms in total. The summed E-state index contributed by atoms with van der Waals surface area (Å²) in [4.78, 5) is 23.5. The van der Waals surface area contributed by atoms with E-state index in [9.17, 15) is 14.7 Å². The molecule has 4 unspecified atom stereocenters. The Hall–Kier alpha value is -1.14. The molecule has 0 radical (unpaired) electrons. The van der Waals surface area contributed by atoms with Gasteiger partial charge in [0.05, 0.1) is 32.0 Å². The van der Waals surface area contributed by atoms with Gasteiger partial charge in [0.1, 0.15) is 0 Å². The number of hydrogen-bond donors (Lipinski definition) is 1. The van der Waals surface area contributed by atoms with E-state index in [0.717, 1.165) is 38.5 Å². The van der Waals surface area contributed by atoms with Crippen LogP contribution in [0.15, 0.2) is 0 Å². The lowest BCUT2D eigenvalue weighted by molar-refractivity contribution is -0.148. The zero-order valence-corrected chi connectivity index (χ0v) is 16.0. The van der Waals surface area contributed by atoms with Gasteiger partial charge in [0.25, 0.3) is 0 Å². The minimum Gasteiger partial charge on any atom is -0.465 e. The largest absolute Gasteiger partial charge is 0.465 e. The number of unbranched alkanes of at least 4 members (excludes halogenated alkanes) is 1. The Morgan fingerprint density at radius 2 is 1.62 bits per heavy atom. The van der Waals surface area contributed by atoms with E-state index in [4.69, 9.17) is 14.2 Å². The maximum atomic E-state index is 11.8. The lowest BCUT2D eigenvalue weighted by Gasteiger charge is -2.26. The van der Waals surface area contributed by atoms with Crippen molar-refractivity contribution < 1.29 is 28.9 Å². The van der Waals surface area contributed by atoms with Crippen LogP contribution in [-0.2, 0) is 23.8 Å². The average Bonchev–Trinajstić information content (AvgIpc) is 2.63. The van der Waals surface area contributed by atoms with Gasteiger partial charge in [0.2, 0.25) is 0 Å². The topological polar surface area (TPSA) is 82.1 Å². The Bertz CT molecular complexity index is 430. The number of ether oxygens (including phenoxy) is 3. The van der Waals surface area contributed by atoms with Crippen LogP contribution in [0.4, 0.5) is 0 Å². The Balaban J connectivity index is 1.45. The van der Waals surface area contributed by atoms with Gasteiger partial charge in [-0.1, -0.05) is 6.42 Å². The van der Waals surface area contributed by atoms with E-state index in [1.807, 2.05) is 0 Å². The van der Waals surface area contributed by atoms with Gasteiger partial charge in [-0.3, -0.25) is 9.59 Å². The molecule has 1 aliphatic heterocycles. The van der Waals surface area contributed by atoms with E-state index < -0.39 is 0 Å². The van der Waals surface area contributed by atoms with Gasteiger partial charge in [-0.2, -0.15) is 0 Å². The predicted octanol–water partition coefficient (Wildman–Crippen LogP) is 3.00. The summed E-state index contributed by atoms with van der Waals surface area (Å²) in [6.07, 6.45) is 7.65. The summed E-state index contributed by atoms with van der Waals surface area (Å²) < 4.78 is 16.2. The molecule has 0 aromatic carbocycles. The van der Waals surface area contributed by atoms with Crippen molar-refractivity contribution in [3.8, 4) is 0 Å². The molecular weight excluding hydrogens is 336 g/mol. The van der Waals surface area contributed by atoms with Gasteiger partial charge in [-0.15, -0.1) is 0 Å². The summed E-state index contributed by atoms with van der Waals surface area (Å²) >= 11 is 0. The molecule has 1 aliphatic carbocycles. The van der Waals surface area contributed by atoms with Gasteiger partial charge in [0, 0.05) is 18.8 Å². The van der Waals surface area contributed by atoms with Crippen LogP contribution in [0, 0.1) is 11.8 Å². The number of carbonyl (C=O) groups excluding carboxylic acids is 2. The van der Waals surface area contributed by atoms with Crippen LogP contribution in [0.3, 0.4) is 0 Å². The summed E-state index contributed by atoms with van der Waals surface area (Å²) in [5.74, 6) is 0.174. The highest BCUT2D eigenvalue weighted by Crippen LogP contribution is 2.24. The average molecular weight is 370 g/mol. The molecule has 1 saturated heterocycles. The third-order valence-corrected chi connectivity index (χ3v) is 5.32. The number of carbonyl (C=O) groups is 2. The van der Waals surface area contributed by atoms with Crippen molar-refractivity contribution in [2.45, 2.75) is 83.3 Å². The van der Waals surface area contributed by atoms with Gasteiger partial charge in [-0.05, 0) is 57.8 Å². The van der Waals surface area contributed by atoms with Gasteiger partial charge in [-0.25, -0.2) is 0 Å². The molecule has 1 heterocycles. The molecule has 2 fully saturated rings. The maximum Gasteiger partial charge on any atom is 0.305 e. The van der Waals surface area contributed by atoms with E-state index in [1.54, 1.807) is 0 Å². The van der Waals surface area contributed by atoms with Crippen molar-refractivity contribution in [2.75, 3.05) is 19.8 Å². The first-order valence-corrected chi connectivity index (χ1v) is 10.1. The van der Waals surface area contributed by atoms with Crippen molar-refractivity contribution in [2.24, 2.45) is 11.8 Å². The minimum atomic E-state index is -0.248. The van der Waals surface area contributed by atoms with E-state index in [1.165, 1.54) is 0 Å². The SMILES string of the molecule is CC1CCC(COC(=O)CCCCC(=O)OCC2CCCC(O)C2)CO1. The first-order chi connectivity index (χ1) is 12.5. The van der Waals surface area contributed by atoms with Crippen LogP contribution in [0.25, 0.3) is 0 Å². The molecule has 1 N–H and O–H groups in total. The van der Waals surface area contributed by atoms with E-state index in [-0.39, 0.29) is 24.0 Å². The summed E-state index contributed by atoms with van der Waals surface area (Å²) in [5.41, 5.74) is 0. The third-order valence-electron chi connectivity index (χ3n) is 5.32. The van der Waals surface area contributed by atoms with Gasteiger partial charge >= 0.3 is 11.9 Å². The van der Waals surface area contributed by atoms with E-state index >= 15 is 0 Å². The highest BCUT2D eigenvalue weighted by atomic mass is 16.5. The molecule has 0 aromatic rings. The third kappa shape index (κ3) is 8.49. The zero-order chi connectivity index (χ0) is 18.8. The lowest BCUT2D eigenvalue weighted by atomic mass is 9.88. The fraction of sp³-hybridized carbons (Fsp3) is 0.900. The Kier molecular flexibility index (Phi) is 9.40. The highest BCUT2D eigenvalue weighted by molar-refractivity contribution is 5.70. The van der Waals surface area contributed by atoms with Gasteiger partial charge in [0.15, 0.2) is 0 Å². The van der Waals surface area contributed by atoms with Crippen molar-refractivity contribution in [1.82, 2.24) is 0 Å². The van der Waals surface area contributed by atoms with Gasteiger partial charge < -0.3 is 19.3 Å². The first kappa shape index (κ1) is 21.2. The van der Waals surface area contributed by atoms with Crippen LogP contribution in [0.1, 0.15) is 71.1 Å². The fourth-order valence-electron chi connectivity index (χ4n) is 3.59. The molecule has 0 bridgehead atoms. The number of hydrogen-bond acceptors (Lipinski definition) is 6. The summed E-state index contributed by atoms with van der Waals surface area (Å²) in [7, 11) is 0. The number of rotatable bonds is 9. The van der Waals surface area contributed by atoms with Crippen LogP contribution < -0.4 is 0 Å². The van der Waals surface area contributed by atoms with Crippen molar-refractivity contribution in [3.63, 3.8) is 0 Å². The molecular formula is C20H34O6. The molecule has 150 valence electrons. The monoisotopic (exact) mass is 370 g/mol. The Morgan fingerprint density at radius 3 is 2.19 bits per heavy atom. The predicted molar refractivity (Wildman–Crippen MR) is 96.5 cm³/mol. The van der Waals surface area contributed by atoms with Crippen molar-refractivity contribution in [3.05, 3.63) is 0 Å². The van der Waals surface area contributed by atoms with E-state index in [0.29, 0.717) is 57.5 Å². The van der Waals surface area contributed by atoms with Crippen LogP contribution in [-0.4, -0.2) is 49.1 Å². The standard InChI is InChI=1S/C20H34O6/c1-15-9-10-17(13-24-15)14-26-20(23)8-3-2-7-19(22)25-12-16-5-4-6-18(21)11-16/h15-18,21H,2-14H2,1H3. The highest BCUT2D eigenvalue weighted by Gasteiger charge is 2.22. The van der Waals surface area contributed by atoms with Crippen molar-refractivity contribution >= 4 is 11.9 Å². The molecule has 26 heavy (non-hydrogen) atoms. The van der Waals surface area contributed by atoms with E-state index in [2.05, 4.69) is 6.92 Å². The maximum absolute atomic E-state index is 11.8. The number of esters is 2. The molecule has 2 aliphatic rings. The fourth-order valence-corrected chi connectivity index (χ4v) is 3.59. The number of aliphatic hydroxyl groups is 1. The van der Waals surface area contributed by atoms with Crippen LogP contribution >= 0.6 is 0 Å². The van der Waals surface area contributed by atoms with Crippen LogP contribution in [0.5, 0.6) is 0 Å². The second-order valence-electron chi connectivity index (χ2n) is 7.85. The summed E-state index contributed by atoms with van der Waals surface area (Å²) in [6.45, 7) is 3.56. The smallest absolute Gasteiger partial charge is 0.305 e. The molecule has 6 heteroatoms. The zero-order valence-electron chi connectivity index (χ0n) is 16.0. The summed E-state index contributed by atoms with van der Waals surface area (Å²) in [6, 6.07) is 0. The second-order valence-corrected chi connectivity index (χ2v) is 7.85. The first-order valence-electron chi connectivity index (χ1n) is 10.1. The molecule has 0 spiro atoms. The molecule has 0 aromatic heterocycles.